The molecule has 34 heavy (non-hydrogen) atoms. The van der Waals surface area contributed by atoms with Gasteiger partial charge in [-0.15, -0.1) is 0 Å². The number of amides is 2. The van der Waals surface area contributed by atoms with Crippen molar-refractivity contribution in [3.05, 3.63) is 96.6 Å². The first-order valence-corrected chi connectivity index (χ1v) is 11.5. The third kappa shape index (κ3) is 4.64. The molecule has 0 radical (unpaired) electrons. The summed E-state index contributed by atoms with van der Waals surface area (Å²) in [6.07, 6.45) is 4.99. The minimum atomic E-state index is -0.253. The van der Waals surface area contributed by atoms with Gasteiger partial charge in [0, 0.05) is 37.0 Å². The first-order chi connectivity index (χ1) is 16.7. The number of hydrogen-bond donors (Lipinski definition) is 1. The molecule has 1 saturated heterocycles. The lowest BCUT2D eigenvalue weighted by atomic mass is 9.96. The summed E-state index contributed by atoms with van der Waals surface area (Å²) >= 11 is 0. The van der Waals surface area contributed by atoms with Gasteiger partial charge in [0.05, 0.1) is 23.6 Å². The zero-order chi connectivity index (χ0) is 23.3. The zero-order valence-corrected chi connectivity index (χ0v) is 18.8. The Hall–Kier alpha value is -4.13. The lowest BCUT2D eigenvalue weighted by molar-refractivity contribution is -0.126. The molecule has 0 saturated carbocycles. The van der Waals surface area contributed by atoms with Crippen molar-refractivity contribution in [2.45, 2.75) is 19.4 Å². The molecule has 1 atom stereocenters. The van der Waals surface area contributed by atoms with Gasteiger partial charge in [-0.1, -0.05) is 48.5 Å². The van der Waals surface area contributed by atoms with Crippen LogP contribution in [0, 0.1) is 5.92 Å². The fourth-order valence-corrected chi connectivity index (χ4v) is 4.35. The van der Waals surface area contributed by atoms with Gasteiger partial charge in [-0.05, 0) is 37.1 Å². The molecule has 1 aliphatic rings. The number of rotatable bonds is 6. The van der Waals surface area contributed by atoms with Crippen LogP contribution in [0.25, 0.3) is 16.9 Å². The summed E-state index contributed by atoms with van der Waals surface area (Å²) in [5.41, 5.74) is 3.72. The van der Waals surface area contributed by atoms with Crippen molar-refractivity contribution >= 4 is 11.8 Å². The van der Waals surface area contributed by atoms with Gasteiger partial charge in [0.25, 0.3) is 5.91 Å². The Balaban J connectivity index is 1.31. The molecule has 2 amide bonds. The predicted molar refractivity (Wildman–Crippen MR) is 128 cm³/mol. The number of nitrogens with one attached hydrogen (secondary N) is 1. The average molecular weight is 455 g/mol. The van der Waals surface area contributed by atoms with Crippen LogP contribution in [0.1, 0.15) is 29.0 Å². The molecule has 3 heterocycles. The molecule has 5 rings (SSSR count). The lowest BCUT2D eigenvalue weighted by Crippen LogP contribution is -2.45. The van der Waals surface area contributed by atoms with E-state index in [4.69, 9.17) is 9.52 Å². The minimum Gasteiger partial charge on any atom is -0.459 e. The van der Waals surface area contributed by atoms with Gasteiger partial charge in [-0.2, -0.15) is 5.10 Å². The summed E-state index contributed by atoms with van der Waals surface area (Å²) in [5.74, 6) is -0.166. The van der Waals surface area contributed by atoms with Gasteiger partial charge in [0.15, 0.2) is 5.76 Å². The van der Waals surface area contributed by atoms with E-state index in [0.29, 0.717) is 25.4 Å². The highest BCUT2D eigenvalue weighted by atomic mass is 16.3. The molecule has 0 bridgehead atoms. The summed E-state index contributed by atoms with van der Waals surface area (Å²) in [7, 11) is 0. The quantitative estimate of drug-likeness (QED) is 0.471. The molecular formula is C27H26N4O3. The second-order valence-corrected chi connectivity index (χ2v) is 8.43. The van der Waals surface area contributed by atoms with E-state index in [9.17, 15) is 9.59 Å². The van der Waals surface area contributed by atoms with E-state index in [2.05, 4.69) is 5.32 Å². The lowest BCUT2D eigenvalue weighted by Gasteiger charge is -2.31. The monoisotopic (exact) mass is 454 g/mol. The number of aromatic nitrogens is 2. The fraction of sp³-hybridized carbons (Fsp3) is 0.222. The summed E-state index contributed by atoms with van der Waals surface area (Å²) in [6, 6.07) is 23.2. The molecule has 0 spiro atoms. The highest BCUT2D eigenvalue weighted by Gasteiger charge is 2.30. The first-order valence-electron chi connectivity index (χ1n) is 11.5. The Morgan fingerprint density at radius 3 is 2.50 bits per heavy atom. The Kier molecular flexibility index (Phi) is 6.25. The topological polar surface area (TPSA) is 80.4 Å². The molecule has 1 N–H and O–H groups in total. The normalized spacial score (nSPS) is 15.8. The van der Waals surface area contributed by atoms with Crippen molar-refractivity contribution in [2.75, 3.05) is 13.1 Å². The molecule has 1 unspecified atom stereocenters. The zero-order valence-electron chi connectivity index (χ0n) is 18.8. The molecular weight excluding hydrogens is 428 g/mol. The van der Waals surface area contributed by atoms with Crippen molar-refractivity contribution in [1.29, 1.82) is 0 Å². The second-order valence-electron chi connectivity index (χ2n) is 8.43. The molecule has 1 aliphatic heterocycles. The summed E-state index contributed by atoms with van der Waals surface area (Å²) in [6.45, 7) is 1.38. The third-order valence-corrected chi connectivity index (χ3v) is 6.12. The van der Waals surface area contributed by atoms with Crippen LogP contribution in [0.3, 0.4) is 0 Å². The Morgan fingerprint density at radius 2 is 1.76 bits per heavy atom. The van der Waals surface area contributed by atoms with Crippen LogP contribution in [-0.2, 0) is 11.3 Å². The first kappa shape index (κ1) is 21.7. The third-order valence-electron chi connectivity index (χ3n) is 6.12. The Morgan fingerprint density at radius 1 is 1.00 bits per heavy atom. The van der Waals surface area contributed by atoms with Crippen LogP contribution in [0.4, 0.5) is 0 Å². The smallest absolute Gasteiger partial charge is 0.289 e. The maximum absolute atomic E-state index is 13.1. The van der Waals surface area contributed by atoms with E-state index in [1.54, 1.807) is 17.0 Å². The van der Waals surface area contributed by atoms with Crippen molar-refractivity contribution < 1.29 is 14.0 Å². The Labute approximate surface area is 198 Å². The largest absolute Gasteiger partial charge is 0.459 e. The van der Waals surface area contributed by atoms with Gasteiger partial charge < -0.3 is 14.6 Å². The number of furan rings is 1. The molecule has 4 aromatic rings. The number of piperidine rings is 1. The predicted octanol–water partition coefficient (Wildman–Crippen LogP) is 4.30. The van der Waals surface area contributed by atoms with Crippen LogP contribution < -0.4 is 5.32 Å². The van der Waals surface area contributed by atoms with Gasteiger partial charge in [0.1, 0.15) is 0 Å². The van der Waals surface area contributed by atoms with Crippen LogP contribution in [0.2, 0.25) is 0 Å². The van der Waals surface area contributed by atoms with Gasteiger partial charge in [0.2, 0.25) is 5.91 Å². The summed E-state index contributed by atoms with van der Waals surface area (Å²) < 4.78 is 7.08. The Bertz CT molecular complexity index is 1250. The maximum atomic E-state index is 13.1. The van der Waals surface area contributed by atoms with Crippen molar-refractivity contribution in [1.82, 2.24) is 20.0 Å². The fourth-order valence-electron chi connectivity index (χ4n) is 4.35. The maximum Gasteiger partial charge on any atom is 0.289 e. The van der Waals surface area contributed by atoms with E-state index >= 15 is 0 Å². The van der Waals surface area contributed by atoms with E-state index in [0.717, 1.165) is 35.3 Å². The van der Waals surface area contributed by atoms with E-state index in [1.165, 1.54) is 6.26 Å². The molecule has 2 aromatic carbocycles. The summed E-state index contributed by atoms with van der Waals surface area (Å²) in [4.78, 5) is 27.4. The van der Waals surface area contributed by atoms with E-state index in [1.807, 2.05) is 71.5 Å². The number of carbonyl (C=O) groups excluding carboxylic acids is 2. The van der Waals surface area contributed by atoms with Crippen molar-refractivity contribution in [3.8, 4) is 16.9 Å². The number of benzene rings is 2. The minimum absolute atomic E-state index is 0.0524. The highest BCUT2D eigenvalue weighted by molar-refractivity contribution is 5.92. The number of carbonyl (C=O) groups is 2. The standard InChI is InChI=1S/C27H26N4O3/c32-26(21-11-7-15-30(18-21)27(33)24-14-8-16-34-24)28-17-22-19-31(23-12-5-2-6-13-23)29-25(22)20-9-3-1-4-10-20/h1-6,8-10,12-14,16,19,21H,7,11,15,17-18H2,(H,28,32). The van der Waals surface area contributed by atoms with Gasteiger partial charge >= 0.3 is 0 Å². The van der Waals surface area contributed by atoms with Crippen molar-refractivity contribution in [2.24, 2.45) is 5.92 Å². The van der Waals surface area contributed by atoms with Crippen LogP contribution in [-0.4, -0.2) is 39.6 Å². The molecule has 2 aromatic heterocycles. The van der Waals surface area contributed by atoms with Crippen LogP contribution in [0.15, 0.2) is 89.7 Å². The molecule has 172 valence electrons. The van der Waals surface area contributed by atoms with Crippen LogP contribution in [0.5, 0.6) is 0 Å². The average Bonchev–Trinajstić information content (AvgIpc) is 3.59. The molecule has 7 heteroatoms. The number of nitrogens with zero attached hydrogens (tertiary/aromatic N) is 3. The molecule has 7 nitrogen and oxygen atoms in total. The van der Waals surface area contributed by atoms with Gasteiger partial charge in [-0.3, -0.25) is 9.59 Å². The SMILES string of the molecule is O=C(NCc1cn(-c2ccccc2)nc1-c1ccccc1)C1CCCN(C(=O)c2ccco2)C1. The van der Waals surface area contributed by atoms with E-state index < -0.39 is 0 Å². The van der Waals surface area contributed by atoms with Gasteiger partial charge in [-0.25, -0.2) is 4.68 Å². The molecule has 0 aliphatic carbocycles. The number of para-hydroxylation sites is 1. The summed E-state index contributed by atoms with van der Waals surface area (Å²) in [5, 5.41) is 7.89. The second kappa shape index (κ2) is 9.79. The van der Waals surface area contributed by atoms with E-state index in [-0.39, 0.29) is 17.7 Å². The number of hydrogen-bond acceptors (Lipinski definition) is 4. The van der Waals surface area contributed by atoms with Crippen molar-refractivity contribution in [3.63, 3.8) is 0 Å². The van der Waals surface area contributed by atoms with Crippen LogP contribution >= 0.6 is 0 Å². The highest BCUT2D eigenvalue weighted by Crippen LogP contribution is 2.24. The number of likely N-dealkylation sites (tertiary alicyclic amines) is 1. The molecule has 1 fully saturated rings.